The SMILES string of the molecule is CC(C)(C)N(CCC(=O)O)C(=O)c1c(O)cccc1O. The summed E-state index contributed by atoms with van der Waals surface area (Å²) in [4.78, 5) is 24.5. The first kappa shape index (κ1) is 15.8. The summed E-state index contributed by atoms with van der Waals surface area (Å²) >= 11 is 0. The van der Waals surface area contributed by atoms with E-state index in [2.05, 4.69) is 0 Å². The van der Waals surface area contributed by atoms with Crippen LogP contribution in [-0.2, 0) is 4.79 Å². The van der Waals surface area contributed by atoms with Gasteiger partial charge in [-0.1, -0.05) is 6.07 Å². The predicted octanol–water partition coefficient (Wildman–Crippen LogP) is 1.81. The van der Waals surface area contributed by atoms with Gasteiger partial charge in [0.2, 0.25) is 0 Å². The summed E-state index contributed by atoms with van der Waals surface area (Å²) in [5.74, 6) is -2.29. The quantitative estimate of drug-likeness (QED) is 0.782. The molecule has 0 radical (unpaired) electrons. The molecule has 0 unspecified atom stereocenters. The molecule has 6 heteroatoms. The summed E-state index contributed by atoms with van der Waals surface area (Å²) in [6.07, 6.45) is -0.211. The molecule has 1 rings (SSSR count). The van der Waals surface area contributed by atoms with Crippen LogP contribution in [0.25, 0.3) is 0 Å². The van der Waals surface area contributed by atoms with Crippen LogP contribution >= 0.6 is 0 Å². The maximum absolute atomic E-state index is 12.5. The van der Waals surface area contributed by atoms with Crippen LogP contribution in [0.3, 0.4) is 0 Å². The summed E-state index contributed by atoms with van der Waals surface area (Å²) in [6.45, 7) is 5.25. The van der Waals surface area contributed by atoms with Crippen LogP contribution in [-0.4, -0.2) is 44.2 Å². The van der Waals surface area contributed by atoms with Gasteiger partial charge < -0.3 is 20.2 Å². The highest BCUT2D eigenvalue weighted by atomic mass is 16.4. The molecule has 0 heterocycles. The Hall–Kier alpha value is -2.24. The van der Waals surface area contributed by atoms with Gasteiger partial charge in [0.05, 0.1) is 6.42 Å². The number of amides is 1. The molecule has 0 saturated carbocycles. The van der Waals surface area contributed by atoms with Crippen molar-refractivity contribution >= 4 is 11.9 Å². The topological polar surface area (TPSA) is 98.1 Å². The second kappa shape index (κ2) is 5.81. The van der Waals surface area contributed by atoms with Gasteiger partial charge in [0.25, 0.3) is 5.91 Å². The van der Waals surface area contributed by atoms with Crippen molar-refractivity contribution in [3.63, 3.8) is 0 Å². The van der Waals surface area contributed by atoms with Gasteiger partial charge in [-0.3, -0.25) is 9.59 Å². The second-order valence-electron chi connectivity index (χ2n) is 5.44. The number of hydrogen-bond acceptors (Lipinski definition) is 4. The van der Waals surface area contributed by atoms with Crippen LogP contribution < -0.4 is 0 Å². The summed E-state index contributed by atoms with van der Waals surface area (Å²) in [5, 5.41) is 28.2. The zero-order chi connectivity index (χ0) is 15.5. The molecule has 20 heavy (non-hydrogen) atoms. The van der Waals surface area contributed by atoms with Gasteiger partial charge in [-0.15, -0.1) is 0 Å². The Balaban J connectivity index is 3.14. The number of carbonyl (C=O) groups is 2. The van der Waals surface area contributed by atoms with E-state index in [1.54, 1.807) is 20.8 Å². The van der Waals surface area contributed by atoms with Crippen molar-refractivity contribution in [2.24, 2.45) is 0 Å². The normalized spacial score (nSPS) is 11.2. The molecule has 0 atom stereocenters. The molecule has 1 aromatic carbocycles. The molecule has 1 amide bonds. The highest BCUT2D eigenvalue weighted by molar-refractivity contribution is 6.00. The minimum atomic E-state index is -1.02. The van der Waals surface area contributed by atoms with Crippen LogP contribution in [0.2, 0.25) is 0 Å². The van der Waals surface area contributed by atoms with Crippen LogP contribution in [0, 0.1) is 0 Å². The first-order valence-corrected chi connectivity index (χ1v) is 6.19. The lowest BCUT2D eigenvalue weighted by molar-refractivity contribution is -0.137. The van der Waals surface area contributed by atoms with E-state index < -0.39 is 17.4 Å². The number of aromatic hydroxyl groups is 2. The third kappa shape index (κ3) is 3.63. The standard InChI is InChI=1S/C14H19NO5/c1-14(2,3)15(8-7-11(18)19)13(20)12-9(16)5-4-6-10(12)17/h4-6,16-17H,7-8H2,1-3H3,(H,18,19). The smallest absolute Gasteiger partial charge is 0.305 e. The van der Waals surface area contributed by atoms with E-state index in [1.807, 2.05) is 0 Å². The fourth-order valence-corrected chi connectivity index (χ4v) is 1.83. The average molecular weight is 281 g/mol. The minimum absolute atomic E-state index is 0.00849. The molecule has 3 N–H and O–H groups in total. The Morgan fingerprint density at radius 3 is 2.05 bits per heavy atom. The summed E-state index contributed by atoms with van der Waals surface area (Å²) in [7, 11) is 0. The average Bonchev–Trinajstić information content (AvgIpc) is 2.26. The monoisotopic (exact) mass is 281 g/mol. The first-order chi connectivity index (χ1) is 9.14. The fourth-order valence-electron chi connectivity index (χ4n) is 1.83. The maximum Gasteiger partial charge on any atom is 0.305 e. The lowest BCUT2D eigenvalue weighted by atomic mass is 10.0. The number of phenolic OH excluding ortho intramolecular Hbond substituents is 2. The molecule has 0 spiro atoms. The molecule has 6 nitrogen and oxygen atoms in total. The highest BCUT2D eigenvalue weighted by Gasteiger charge is 2.30. The van der Waals surface area contributed by atoms with Gasteiger partial charge in [-0.2, -0.15) is 0 Å². The van der Waals surface area contributed by atoms with E-state index >= 15 is 0 Å². The maximum atomic E-state index is 12.5. The number of nitrogens with zero attached hydrogens (tertiary/aromatic N) is 1. The molecule has 0 aliphatic carbocycles. The van der Waals surface area contributed by atoms with Gasteiger partial charge in [-0.25, -0.2) is 0 Å². The van der Waals surface area contributed by atoms with Crippen LogP contribution in [0.4, 0.5) is 0 Å². The first-order valence-electron chi connectivity index (χ1n) is 6.19. The fraction of sp³-hybridized carbons (Fsp3) is 0.429. The summed E-state index contributed by atoms with van der Waals surface area (Å²) in [5.41, 5.74) is -0.853. The molecule has 0 aliphatic rings. The van der Waals surface area contributed by atoms with Crippen LogP contribution in [0.15, 0.2) is 18.2 Å². The van der Waals surface area contributed by atoms with Gasteiger partial charge in [0.15, 0.2) is 0 Å². The molecule has 0 bridgehead atoms. The Morgan fingerprint density at radius 2 is 1.65 bits per heavy atom. The van der Waals surface area contributed by atoms with Gasteiger partial charge in [0, 0.05) is 12.1 Å². The van der Waals surface area contributed by atoms with Crippen molar-refractivity contribution in [1.29, 1.82) is 0 Å². The van der Waals surface area contributed by atoms with E-state index in [9.17, 15) is 19.8 Å². The van der Waals surface area contributed by atoms with Crippen molar-refractivity contribution < 1.29 is 24.9 Å². The van der Waals surface area contributed by atoms with Crippen molar-refractivity contribution in [2.45, 2.75) is 32.7 Å². The number of carbonyl (C=O) groups excluding carboxylic acids is 1. The van der Waals surface area contributed by atoms with E-state index in [4.69, 9.17) is 5.11 Å². The lowest BCUT2D eigenvalue weighted by Crippen LogP contribution is -2.46. The van der Waals surface area contributed by atoms with Crippen molar-refractivity contribution in [3.05, 3.63) is 23.8 Å². The Bertz CT molecular complexity index is 499. The summed E-state index contributed by atoms with van der Waals surface area (Å²) in [6, 6.07) is 4.01. The molecule has 110 valence electrons. The van der Waals surface area contributed by atoms with Crippen molar-refractivity contribution in [2.75, 3.05) is 6.54 Å². The number of rotatable bonds is 4. The van der Waals surface area contributed by atoms with Crippen molar-refractivity contribution in [1.82, 2.24) is 4.90 Å². The number of phenols is 2. The van der Waals surface area contributed by atoms with Crippen LogP contribution in [0.5, 0.6) is 11.5 Å². The van der Waals surface area contributed by atoms with Crippen LogP contribution in [0.1, 0.15) is 37.6 Å². The largest absolute Gasteiger partial charge is 0.507 e. The van der Waals surface area contributed by atoms with E-state index in [0.717, 1.165) is 0 Å². The molecular weight excluding hydrogens is 262 g/mol. The highest BCUT2D eigenvalue weighted by Crippen LogP contribution is 2.30. The van der Waals surface area contributed by atoms with Gasteiger partial charge in [-0.05, 0) is 32.9 Å². The Labute approximate surface area is 117 Å². The third-order valence-electron chi connectivity index (χ3n) is 2.84. The van der Waals surface area contributed by atoms with E-state index in [0.29, 0.717) is 0 Å². The van der Waals surface area contributed by atoms with Gasteiger partial charge >= 0.3 is 5.97 Å². The molecular formula is C14H19NO5. The predicted molar refractivity (Wildman–Crippen MR) is 72.8 cm³/mol. The molecule has 0 aromatic heterocycles. The zero-order valence-corrected chi connectivity index (χ0v) is 11.8. The molecule has 0 fully saturated rings. The minimum Gasteiger partial charge on any atom is -0.507 e. The van der Waals surface area contributed by atoms with E-state index in [1.165, 1.54) is 23.1 Å². The number of aliphatic carboxylic acids is 1. The molecule has 0 aliphatic heterocycles. The number of carboxylic acid groups (broad SMARTS) is 1. The molecule has 1 aromatic rings. The Morgan fingerprint density at radius 1 is 1.15 bits per heavy atom. The molecule has 0 saturated heterocycles. The number of carboxylic acids is 1. The Kier molecular flexibility index (Phi) is 4.60. The van der Waals surface area contributed by atoms with Crippen molar-refractivity contribution in [3.8, 4) is 11.5 Å². The third-order valence-corrected chi connectivity index (χ3v) is 2.84. The number of hydrogen-bond donors (Lipinski definition) is 3. The van der Waals surface area contributed by atoms with Gasteiger partial charge in [0.1, 0.15) is 17.1 Å². The van der Waals surface area contributed by atoms with E-state index in [-0.39, 0.29) is 30.0 Å². The zero-order valence-electron chi connectivity index (χ0n) is 11.8. The lowest BCUT2D eigenvalue weighted by Gasteiger charge is -2.35. The summed E-state index contributed by atoms with van der Waals surface area (Å²) < 4.78 is 0. The second-order valence-corrected chi connectivity index (χ2v) is 5.44. The number of benzene rings is 1.